The number of aromatic nitrogens is 4. The van der Waals surface area contributed by atoms with Crippen LogP contribution >= 0.6 is 0 Å². The van der Waals surface area contributed by atoms with Gasteiger partial charge in [0.2, 0.25) is 0 Å². The molecule has 20 heavy (non-hydrogen) atoms. The van der Waals surface area contributed by atoms with Gasteiger partial charge in [-0.15, -0.1) is 5.10 Å². The molecule has 1 fully saturated rings. The molecule has 0 spiro atoms. The van der Waals surface area contributed by atoms with Crippen LogP contribution in [0.25, 0.3) is 0 Å². The second-order valence-electron chi connectivity index (χ2n) is 5.40. The Kier molecular flexibility index (Phi) is 2.63. The predicted octanol–water partition coefficient (Wildman–Crippen LogP) is 0.730. The normalized spacial score (nSPS) is 21.5. The number of ketones is 1. The van der Waals surface area contributed by atoms with Crippen LogP contribution in [0.4, 0.5) is 0 Å². The van der Waals surface area contributed by atoms with Crippen molar-refractivity contribution >= 4 is 5.78 Å². The van der Waals surface area contributed by atoms with Gasteiger partial charge in [-0.25, -0.2) is 4.68 Å². The molecular weight excluding hydrogens is 254 g/mol. The molecule has 2 aromatic heterocycles. The van der Waals surface area contributed by atoms with Crippen LogP contribution in [-0.4, -0.2) is 38.9 Å². The van der Waals surface area contributed by atoms with Crippen molar-refractivity contribution < 1.29 is 4.79 Å². The zero-order valence-electron chi connectivity index (χ0n) is 11.0. The number of carbonyl (C=O) groups is 1. The zero-order valence-corrected chi connectivity index (χ0v) is 11.0. The van der Waals surface area contributed by atoms with Crippen molar-refractivity contribution in [3.05, 3.63) is 41.5 Å². The molecule has 0 aromatic carbocycles. The van der Waals surface area contributed by atoms with Crippen molar-refractivity contribution in [3.63, 3.8) is 0 Å². The van der Waals surface area contributed by atoms with Gasteiger partial charge in [0.25, 0.3) is 0 Å². The Morgan fingerprint density at radius 3 is 3.10 bits per heavy atom. The number of nitrogens with zero attached hydrogens (tertiary/aromatic N) is 4. The summed E-state index contributed by atoms with van der Waals surface area (Å²) in [4.78, 5) is 17.0. The molecule has 0 bridgehead atoms. The highest BCUT2D eigenvalue weighted by molar-refractivity contribution is 5.99. The summed E-state index contributed by atoms with van der Waals surface area (Å²) in [6.07, 6.45) is 5.26. The van der Waals surface area contributed by atoms with Crippen LogP contribution in [0.5, 0.6) is 0 Å². The van der Waals surface area contributed by atoms with Crippen molar-refractivity contribution in [1.82, 2.24) is 25.3 Å². The van der Waals surface area contributed by atoms with Crippen molar-refractivity contribution in [2.24, 2.45) is 0 Å². The lowest BCUT2D eigenvalue weighted by molar-refractivity contribution is 0.0953. The maximum Gasteiger partial charge on any atom is 0.193 e. The number of hydrogen-bond acceptors (Lipinski definition) is 5. The van der Waals surface area contributed by atoms with Gasteiger partial charge in [-0.3, -0.25) is 9.78 Å². The van der Waals surface area contributed by atoms with Crippen LogP contribution in [-0.2, 0) is 6.42 Å². The lowest BCUT2D eigenvalue weighted by Gasteiger charge is -2.26. The molecule has 1 unspecified atom stereocenters. The summed E-state index contributed by atoms with van der Waals surface area (Å²) in [5.41, 5.74) is 2.55. The van der Waals surface area contributed by atoms with Gasteiger partial charge in [0, 0.05) is 19.3 Å². The summed E-state index contributed by atoms with van der Waals surface area (Å²) in [7, 11) is 0. The first-order valence-corrected chi connectivity index (χ1v) is 6.93. The largest absolute Gasteiger partial charge is 0.312 e. The monoisotopic (exact) mass is 269 g/mol. The van der Waals surface area contributed by atoms with Gasteiger partial charge in [0.05, 0.1) is 23.9 Å². The third-order valence-electron chi connectivity index (χ3n) is 4.17. The van der Waals surface area contributed by atoms with Gasteiger partial charge in [-0.2, -0.15) is 0 Å². The van der Waals surface area contributed by atoms with Crippen molar-refractivity contribution in [2.75, 3.05) is 13.1 Å². The van der Waals surface area contributed by atoms with Crippen LogP contribution in [0.2, 0.25) is 0 Å². The number of carbonyl (C=O) groups excluding carboxylic acids is 1. The maximum atomic E-state index is 12.6. The molecule has 2 aliphatic rings. The summed E-state index contributed by atoms with van der Waals surface area (Å²) in [6.45, 7) is 1.79. The van der Waals surface area contributed by atoms with Crippen molar-refractivity contribution in [1.29, 1.82) is 0 Å². The highest BCUT2D eigenvalue weighted by Gasteiger charge is 2.32. The van der Waals surface area contributed by atoms with Crippen LogP contribution in [0, 0.1) is 0 Å². The Bertz CT molecular complexity index is 661. The molecule has 6 heteroatoms. The van der Waals surface area contributed by atoms with Crippen molar-refractivity contribution in [3.8, 4) is 0 Å². The number of pyridine rings is 1. The fraction of sp³-hybridized carbons (Fsp3) is 0.429. The molecule has 1 saturated heterocycles. The van der Waals surface area contributed by atoms with E-state index in [2.05, 4.69) is 20.6 Å². The van der Waals surface area contributed by atoms with E-state index in [0.29, 0.717) is 11.7 Å². The second kappa shape index (κ2) is 4.49. The number of nitrogens with one attached hydrogen (secondary N) is 1. The standard InChI is InChI=1S/C14H15N5O/c20-14(11-4-3-9-2-1-5-16-13(9)11)12-8-19(18-17-12)10-6-15-7-10/h1-2,5,8,10-11,15H,3-4,6-7H2. The lowest BCUT2D eigenvalue weighted by atomic mass is 9.99. The van der Waals surface area contributed by atoms with Gasteiger partial charge in [0.1, 0.15) is 5.69 Å². The molecule has 1 N–H and O–H groups in total. The Balaban J connectivity index is 1.60. The van der Waals surface area contributed by atoms with E-state index in [9.17, 15) is 4.79 Å². The summed E-state index contributed by atoms with van der Waals surface area (Å²) >= 11 is 0. The SMILES string of the molecule is O=C(c1cn(C2CNC2)nn1)C1CCc2cccnc21. The van der Waals surface area contributed by atoms with E-state index in [-0.39, 0.29) is 11.7 Å². The first-order valence-electron chi connectivity index (χ1n) is 6.93. The topological polar surface area (TPSA) is 72.7 Å². The van der Waals surface area contributed by atoms with Gasteiger partial charge in [-0.1, -0.05) is 11.3 Å². The van der Waals surface area contributed by atoms with Gasteiger partial charge in [-0.05, 0) is 24.5 Å². The van der Waals surface area contributed by atoms with Crippen molar-refractivity contribution in [2.45, 2.75) is 24.8 Å². The van der Waals surface area contributed by atoms with E-state index in [4.69, 9.17) is 0 Å². The fourth-order valence-corrected chi connectivity index (χ4v) is 2.87. The van der Waals surface area contributed by atoms with E-state index in [1.165, 1.54) is 5.56 Å². The van der Waals surface area contributed by atoms with Gasteiger partial charge < -0.3 is 5.32 Å². The highest BCUT2D eigenvalue weighted by atomic mass is 16.1. The smallest absolute Gasteiger partial charge is 0.193 e. The number of aryl methyl sites for hydroxylation is 1. The average Bonchev–Trinajstić information content (AvgIpc) is 3.02. The minimum Gasteiger partial charge on any atom is -0.312 e. The number of hydrogen-bond donors (Lipinski definition) is 1. The average molecular weight is 269 g/mol. The Hall–Kier alpha value is -2.08. The molecule has 0 saturated carbocycles. The molecule has 4 rings (SSSR count). The third-order valence-corrected chi connectivity index (χ3v) is 4.17. The molecule has 1 atom stereocenters. The number of rotatable bonds is 3. The fourth-order valence-electron chi connectivity index (χ4n) is 2.87. The molecule has 6 nitrogen and oxygen atoms in total. The minimum atomic E-state index is -0.157. The van der Waals surface area contributed by atoms with Crippen LogP contribution in [0.15, 0.2) is 24.5 Å². The third kappa shape index (κ3) is 1.76. The minimum absolute atomic E-state index is 0.0426. The Labute approximate surface area is 116 Å². The predicted molar refractivity (Wildman–Crippen MR) is 71.6 cm³/mol. The lowest BCUT2D eigenvalue weighted by Crippen LogP contribution is -2.43. The Morgan fingerprint density at radius 1 is 1.40 bits per heavy atom. The summed E-state index contributed by atoms with van der Waals surface area (Å²) in [6, 6.07) is 4.30. The summed E-state index contributed by atoms with van der Waals surface area (Å²) in [5, 5.41) is 11.3. The van der Waals surface area contributed by atoms with E-state index >= 15 is 0 Å². The number of Topliss-reactive ketones (excluding diaryl/α,β-unsaturated/α-hetero) is 1. The zero-order chi connectivity index (χ0) is 13.5. The van der Waals surface area contributed by atoms with Crippen LogP contribution < -0.4 is 5.32 Å². The maximum absolute atomic E-state index is 12.6. The molecule has 1 aliphatic heterocycles. The number of fused-ring (bicyclic) bond motifs is 1. The first kappa shape index (κ1) is 11.7. The van der Waals surface area contributed by atoms with Gasteiger partial charge in [0.15, 0.2) is 5.78 Å². The van der Waals surface area contributed by atoms with Crippen LogP contribution in [0.3, 0.4) is 0 Å². The van der Waals surface area contributed by atoms with Gasteiger partial charge >= 0.3 is 0 Å². The molecule has 0 radical (unpaired) electrons. The Morgan fingerprint density at radius 2 is 2.30 bits per heavy atom. The quantitative estimate of drug-likeness (QED) is 0.832. The highest BCUT2D eigenvalue weighted by Crippen LogP contribution is 2.33. The molecular formula is C14H15N5O. The summed E-state index contributed by atoms with van der Waals surface area (Å²) < 4.78 is 1.79. The molecule has 1 aliphatic carbocycles. The van der Waals surface area contributed by atoms with E-state index in [0.717, 1.165) is 31.6 Å². The second-order valence-corrected chi connectivity index (χ2v) is 5.40. The van der Waals surface area contributed by atoms with E-state index in [1.807, 2.05) is 12.1 Å². The molecule has 0 amide bonds. The first-order chi connectivity index (χ1) is 9.83. The van der Waals surface area contributed by atoms with Crippen LogP contribution in [0.1, 0.15) is 40.1 Å². The molecule has 2 aromatic rings. The molecule has 102 valence electrons. The molecule has 3 heterocycles. The van der Waals surface area contributed by atoms with E-state index in [1.54, 1.807) is 17.1 Å². The van der Waals surface area contributed by atoms with E-state index < -0.39 is 0 Å². The summed E-state index contributed by atoms with van der Waals surface area (Å²) in [5.74, 6) is -0.114.